The molecule has 1 aromatic heterocycles. The number of nitrogens with one attached hydrogen (secondary N) is 1. The van der Waals surface area contributed by atoms with Gasteiger partial charge in [-0.25, -0.2) is 28.7 Å². The Morgan fingerprint density at radius 3 is 2.43 bits per heavy atom. The molecule has 2 aliphatic carbocycles. The summed E-state index contributed by atoms with van der Waals surface area (Å²) in [6.45, 7) is 4.22. The van der Waals surface area contributed by atoms with Crippen molar-refractivity contribution in [1.82, 2.24) is 9.97 Å². The van der Waals surface area contributed by atoms with Crippen LogP contribution in [0.15, 0.2) is 34.4 Å². The number of hydrogen-bond donors (Lipinski definition) is 2. The van der Waals surface area contributed by atoms with Crippen molar-refractivity contribution >= 4 is 29.4 Å². The van der Waals surface area contributed by atoms with Crippen molar-refractivity contribution in [3.8, 4) is 0 Å². The Bertz CT molecular complexity index is 1070. The SMILES string of the molecule is CCC(CC1CCCC1)C(=Nc1c(F)cccc1F)Nc1cnc(N=CC2CCC(CO)CC2)nc1C. The van der Waals surface area contributed by atoms with Gasteiger partial charge < -0.3 is 10.4 Å². The number of aliphatic hydroxyl groups is 1. The first-order chi connectivity index (χ1) is 18.0. The zero-order valence-corrected chi connectivity index (χ0v) is 22.0. The molecule has 0 radical (unpaired) electrons. The molecule has 0 aliphatic heterocycles. The summed E-state index contributed by atoms with van der Waals surface area (Å²) < 4.78 is 29.0. The molecule has 37 heavy (non-hydrogen) atoms. The van der Waals surface area contributed by atoms with Gasteiger partial charge in [-0.3, -0.25) is 0 Å². The molecule has 0 bridgehead atoms. The van der Waals surface area contributed by atoms with E-state index in [9.17, 15) is 13.9 Å². The highest BCUT2D eigenvalue weighted by Gasteiger charge is 2.25. The van der Waals surface area contributed by atoms with Crippen LogP contribution < -0.4 is 5.32 Å². The molecule has 8 heteroatoms. The lowest BCUT2D eigenvalue weighted by atomic mass is 9.83. The van der Waals surface area contributed by atoms with Crippen molar-refractivity contribution in [3.63, 3.8) is 0 Å². The van der Waals surface area contributed by atoms with Crippen LogP contribution in [-0.4, -0.2) is 33.7 Å². The third-order valence-corrected chi connectivity index (χ3v) is 7.92. The van der Waals surface area contributed by atoms with Gasteiger partial charge in [0.15, 0.2) is 11.6 Å². The number of para-hydroxylation sites is 1. The Labute approximate surface area is 218 Å². The fourth-order valence-corrected chi connectivity index (χ4v) is 5.53. The summed E-state index contributed by atoms with van der Waals surface area (Å²) in [5.41, 5.74) is 1.08. The molecule has 1 heterocycles. The molecule has 1 atom stereocenters. The number of amidine groups is 1. The number of aliphatic hydroxyl groups excluding tert-OH is 1. The molecular formula is C29H39F2N5O. The molecule has 2 saturated carbocycles. The molecule has 4 rings (SSSR count). The number of aryl methyl sites for hydroxylation is 1. The summed E-state index contributed by atoms with van der Waals surface area (Å²) in [5.74, 6) is 0.993. The van der Waals surface area contributed by atoms with Crippen LogP contribution in [-0.2, 0) is 0 Å². The zero-order valence-electron chi connectivity index (χ0n) is 22.0. The second kappa shape index (κ2) is 13.2. The molecule has 1 aromatic carbocycles. The third-order valence-electron chi connectivity index (χ3n) is 7.92. The first-order valence-electron chi connectivity index (χ1n) is 13.7. The molecule has 1 unspecified atom stereocenters. The number of aliphatic imine (C=N–C) groups is 2. The Hall–Kier alpha value is -2.74. The van der Waals surface area contributed by atoms with Gasteiger partial charge in [-0.05, 0) is 75.3 Å². The first-order valence-corrected chi connectivity index (χ1v) is 13.7. The highest BCUT2D eigenvalue weighted by Crippen LogP contribution is 2.34. The summed E-state index contributed by atoms with van der Waals surface area (Å²) in [7, 11) is 0. The number of nitrogens with zero attached hydrogens (tertiary/aromatic N) is 4. The topological polar surface area (TPSA) is 82.8 Å². The Balaban J connectivity index is 1.54. The van der Waals surface area contributed by atoms with Crippen LogP contribution in [0, 0.1) is 42.2 Å². The van der Waals surface area contributed by atoms with Gasteiger partial charge >= 0.3 is 0 Å². The van der Waals surface area contributed by atoms with Crippen molar-refractivity contribution in [2.75, 3.05) is 11.9 Å². The smallest absolute Gasteiger partial charge is 0.249 e. The van der Waals surface area contributed by atoms with Crippen LogP contribution in [0.3, 0.4) is 0 Å². The number of rotatable bonds is 9. The van der Waals surface area contributed by atoms with Crippen LogP contribution in [0.25, 0.3) is 0 Å². The zero-order chi connectivity index (χ0) is 26.2. The van der Waals surface area contributed by atoms with Gasteiger partial charge in [-0.1, -0.05) is 38.7 Å². The fraction of sp³-hybridized carbons (Fsp3) is 0.586. The number of aromatic nitrogens is 2. The van der Waals surface area contributed by atoms with Crippen LogP contribution in [0.4, 0.5) is 26.1 Å². The quantitative estimate of drug-likeness (QED) is 0.273. The molecule has 0 spiro atoms. The van der Waals surface area contributed by atoms with E-state index in [1.165, 1.54) is 43.9 Å². The van der Waals surface area contributed by atoms with Gasteiger partial charge in [-0.15, -0.1) is 0 Å². The molecule has 2 aliphatic rings. The Morgan fingerprint density at radius 1 is 1.11 bits per heavy atom. The van der Waals surface area contributed by atoms with E-state index in [1.807, 2.05) is 13.1 Å². The highest BCUT2D eigenvalue weighted by atomic mass is 19.1. The van der Waals surface area contributed by atoms with Gasteiger partial charge in [0.1, 0.15) is 11.5 Å². The molecule has 0 amide bonds. The second-order valence-corrected chi connectivity index (χ2v) is 10.6. The van der Waals surface area contributed by atoms with E-state index in [2.05, 4.69) is 32.2 Å². The van der Waals surface area contributed by atoms with Gasteiger partial charge in [0.2, 0.25) is 5.95 Å². The largest absolute Gasteiger partial charge is 0.396 e. The van der Waals surface area contributed by atoms with Crippen molar-refractivity contribution in [2.45, 2.75) is 78.1 Å². The molecule has 2 fully saturated rings. The van der Waals surface area contributed by atoms with E-state index in [4.69, 9.17) is 0 Å². The molecular weight excluding hydrogens is 472 g/mol. The van der Waals surface area contributed by atoms with E-state index in [1.54, 1.807) is 6.20 Å². The maximum Gasteiger partial charge on any atom is 0.249 e. The molecule has 0 saturated heterocycles. The number of benzene rings is 1. The predicted octanol–water partition coefficient (Wildman–Crippen LogP) is 7.31. The second-order valence-electron chi connectivity index (χ2n) is 10.6. The minimum absolute atomic E-state index is 0.0354. The number of halogens is 2. The van der Waals surface area contributed by atoms with Crippen LogP contribution >= 0.6 is 0 Å². The lowest BCUT2D eigenvalue weighted by molar-refractivity contribution is 0.181. The van der Waals surface area contributed by atoms with Gasteiger partial charge in [-0.2, -0.15) is 0 Å². The van der Waals surface area contributed by atoms with E-state index in [0.717, 1.165) is 38.5 Å². The van der Waals surface area contributed by atoms with E-state index in [0.29, 0.717) is 40.9 Å². The molecule has 2 N–H and O–H groups in total. The van der Waals surface area contributed by atoms with Gasteiger partial charge in [0.25, 0.3) is 0 Å². The minimum atomic E-state index is -0.680. The lowest BCUT2D eigenvalue weighted by Crippen LogP contribution is -2.25. The van der Waals surface area contributed by atoms with Crippen molar-refractivity contribution in [3.05, 3.63) is 41.7 Å². The van der Waals surface area contributed by atoms with Crippen molar-refractivity contribution in [1.29, 1.82) is 0 Å². The summed E-state index contributed by atoms with van der Waals surface area (Å²) in [5, 5.41) is 12.7. The average molecular weight is 512 g/mol. The Morgan fingerprint density at radius 2 is 1.81 bits per heavy atom. The summed E-state index contributed by atoms with van der Waals surface area (Å²) >= 11 is 0. The maximum absolute atomic E-state index is 14.5. The minimum Gasteiger partial charge on any atom is -0.396 e. The normalized spacial score (nSPS) is 22.0. The van der Waals surface area contributed by atoms with E-state index < -0.39 is 11.6 Å². The van der Waals surface area contributed by atoms with Crippen LogP contribution in [0.5, 0.6) is 0 Å². The lowest BCUT2D eigenvalue weighted by Gasteiger charge is -2.24. The molecule has 200 valence electrons. The molecule has 6 nitrogen and oxygen atoms in total. The average Bonchev–Trinajstić information content (AvgIpc) is 3.42. The summed E-state index contributed by atoms with van der Waals surface area (Å²) in [4.78, 5) is 18.0. The number of anilines is 1. The predicted molar refractivity (Wildman–Crippen MR) is 145 cm³/mol. The van der Waals surface area contributed by atoms with Gasteiger partial charge in [0, 0.05) is 18.7 Å². The van der Waals surface area contributed by atoms with Crippen LogP contribution in [0.1, 0.15) is 76.8 Å². The summed E-state index contributed by atoms with van der Waals surface area (Å²) in [6, 6.07) is 3.81. The maximum atomic E-state index is 14.5. The van der Waals surface area contributed by atoms with Crippen molar-refractivity contribution in [2.24, 2.45) is 33.7 Å². The van der Waals surface area contributed by atoms with Gasteiger partial charge in [0.05, 0.1) is 17.6 Å². The van der Waals surface area contributed by atoms with E-state index >= 15 is 0 Å². The fourth-order valence-electron chi connectivity index (χ4n) is 5.53. The molecule has 2 aromatic rings. The summed E-state index contributed by atoms with van der Waals surface area (Å²) in [6.07, 6.45) is 14.2. The number of hydrogen-bond acceptors (Lipinski definition) is 5. The van der Waals surface area contributed by atoms with E-state index in [-0.39, 0.29) is 18.2 Å². The van der Waals surface area contributed by atoms with Crippen molar-refractivity contribution < 1.29 is 13.9 Å². The standard InChI is InChI=1S/C29H39F2N5O/c1-3-23(15-20-7-4-5-8-20)28(36-27-24(30)9-6-10-25(27)31)35-26-17-33-29(34-19(26)2)32-16-21-11-13-22(18-37)14-12-21/h6,9-10,16-17,20-23,37H,3-5,7-8,11-15,18H2,1-2H3,(H,35,36). The monoisotopic (exact) mass is 511 g/mol. The van der Waals surface area contributed by atoms with Crippen LogP contribution in [0.2, 0.25) is 0 Å². The highest BCUT2D eigenvalue weighted by molar-refractivity contribution is 5.99. The first kappa shape index (κ1) is 27.3. The third kappa shape index (κ3) is 7.40. The Kier molecular flexibility index (Phi) is 9.72.